The Morgan fingerprint density at radius 1 is 0.667 bits per heavy atom. The summed E-state index contributed by atoms with van der Waals surface area (Å²) in [5.74, 6) is 0. The Kier molecular flexibility index (Phi) is 1340. The second-order valence-corrected chi connectivity index (χ2v) is 0.692. The fraction of sp³-hybridized carbons (Fsp3) is 0. The summed E-state index contributed by atoms with van der Waals surface area (Å²) in [7, 11) is 0. The van der Waals surface area contributed by atoms with Crippen LogP contribution in [-0.4, -0.2) is 51.6 Å². The van der Waals surface area contributed by atoms with Crippen molar-refractivity contribution in [2.45, 2.75) is 0 Å². The van der Waals surface area contributed by atoms with Crippen molar-refractivity contribution in [1.82, 2.24) is 0 Å². The minimum absolute atomic E-state index is 0. The van der Waals surface area contributed by atoms with Crippen LogP contribution in [0.25, 0.3) is 0 Å². The van der Waals surface area contributed by atoms with Crippen LogP contribution in [0.1, 0.15) is 0 Å². The SMILES string of the molecule is O.O.O.O.O.O.O.O=S(O)O.[Ni]. The molecule has 0 bridgehead atoms. The van der Waals surface area contributed by atoms with E-state index in [-0.39, 0.29) is 54.8 Å². The summed E-state index contributed by atoms with van der Waals surface area (Å²) in [6.45, 7) is 0. The third kappa shape index (κ3) is 11000. The van der Waals surface area contributed by atoms with Gasteiger partial charge < -0.3 is 38.3 Å². The molecule has 0 aromatic heterocycles. The Hall–Kier alpha value is 0.284. The molecule has 0 aromatic rings. The van der Waals surface area contributed by atoms with Crippen molar-refractivity contribution in [2.75, 3.05) is 0 Å². The normalized spacial score (nSPS) is 2.92. The molecule has 0 heterocycles. The van der Waals surface area contributed by atoms with Gasteiger partial charge in [0.15, 0.2) is 0 Å². The van der Waals surface area contributed by atoms with Gasteiger partial charge in [-0.05, 0) is 0 Å². The molecule has 12 heteroatoms. The van der Waals surface area contributed by atoms with E-state index in [2.05, 4.69) is 0 Å². The van der Waals surface area contributed by atoms with Gasteiger partial charge in [0, 0.05) is 16.5 Å². The van der Waals surface area contributed by atoms with Gasteiger partial charge >= 0.3 is 0 Å². The molecule has 12 heavy (non-hydrogen) atoms. The fourth-order valence-corrected chi connectivity index (χ4v) is 0. The van der Waals surface area contributed by atoms with Crippen LogP contribution < -0.4 is 0 Å². The number of hydrogen-bond donors (Lipinski definition) is 2. The molecule has 0 rings (SSSR count). The Morgan fingerprint density at radius 3 is 0.667 bits per heavy atom. The Labute approximate surface area is 80.2 Å². The van der Waals surface area contributed by atoms with E-state index in [0.29, 0.717) is 0 Å². The minimum Gasteiger partial charge on any atom is -0.412 e. The van der Waals surface area contributed by atoms with E-state index in [1.165, 1.54) is 0 Å². The first kappa shape index (κ1) is 145. The maximum Gasteiger partial charge on any atom is 0.299 e. The third-order valence-electron chi connectivity index (χ3n) is 0. The smallest absolute Gasteiger partial charge is 0.299 e. The van der Waals surface area contributed by atoms with Gasteiger partial charge in [0.2, 0.25) is 0 Å². The van der Waals surface area contributed by atoms with E-state index in [0.717, 1.165) is 0 Å². The van der Waals surface area contributed by atoms with Crippen LogP contribution in [0.4, 0.5) is 0 Å². The summed E-state index contributed by atoms with van der Waals surface area (Å²) in [6, 6.07) is 0. The van der Waals surface area contributed by atoms with Crippen LogP contribution in [0.2, 0.25) is 0 Å². The zero-order valence-corrected chi connectivity index (χ0v) is 7.33. The van der Waals surface area contributed by atoms with Gasteiger partial charge in [0.25, 0.3) is 11.4 Å². The molecule has 16 N–H and O–H groups in total. The summed E-state index contributed by atoms with van der Waals surface area (Å²) in [5.41, 5.74) is 0. The van der Waals surface area contributed by atoms with Crippen LogP contribution in [0.15, 0.2) is 0 Å². The molecule has 0 amide bonds. The molecule has 0 fully saturated rings. The molecular weight excluding hydrogens is 251 g/mol. The summed E-state index contributed by atoms with van der Waals surface area (Å²) in [4.78, 5) is 0. The Morgan fingerprint density at radius 2 is 0.667 bits per heavy atom. The third-order valence-corrected chi connectivity index (χ3v) is 0. The second-order valence-electron chi connectivity index (χ2n) is 0.231. The summed E-state index contributed by atoms with van der Waals surface area (Å²) in [5, 5.41) is 0. The van der Waals surface area contributed by atoms with Crippen LogP contribution in [0.5, 0.6) is 0 Å². The number of hydrogen-bond acceptors (Lipinski definition) is 1. The van der Waals surface area contributed by atoms with Crippen molar-refractivity contribution in [3.8, 4) is 0 Å². The van der Waals surface area contributed by atoms with Crippen LogP contribution in [-0.2, 0) is 27.9 Å². The van der Waals surface area contributed by atoms with E-state index >= 15 is 0 Å². The van der Waals surface area contributed by atoms with Crippen molar-refractivity contribution >= 4 is 11.4 Å². The minimum atomic E-state index is -2.61. The molecule has 0 aromatic carbocycles. The molecule has 0 radical (unpaired) electrons. The molecule has 0 aliphatic heterocycles. The average Bonchev–Trinajstić information content (AvgIpc) is 0.811. The molecule has 0 unspecified atom stereocenters. The van der Waals surface area contributed by atoms with Gasteiger partial charge in [0.1, 0.15) is 0 Å². The average molecular weight is 267 g/mol. The standard InChI is InChI=1S/Ni.H2O3S.7H2O/c;1-4(2)3;;;;;;;/h;(H2,1,2,3);7*1H2. The van der Waals surface area contributed by atoms with Crippen molar-refractivity contribution in [1.29, 1.82) is 0 Å². The first-order valence-corrected chi connectivity index (χ1v) is 1.60. The fourth-order valence-electron chi connectivity index (χ4n) is 0. The van der Waals surface area contributed by atoms with Crippen molar-refractivity contribution in [3.05, 3.63) is 0 Å². The maximum absolute atomic E-state index is 8.67. The van der Waals surface area contributed by atoms with Crippen molar-refractivity contribution in [3.63, 3.8) is 0 Å². The van der Waals surface area contributed by atoms with E-state index < -0.39 is 11.4 Å². The maximum atomic E-state index is 8.67. The van der Waals surface area contributed by atoms with E-state index in [1.807, 2.05) is 0 Å². The summed E-state index contributed by atoms with van der Waals surface area (Å²) in [6.07, 6.45) is 0. The summed E-state index contributed by atoms with van der Waals surface area (Å²) < 4.78 is 22.8. The molecular formula is H16NiO10S. The van der Waals surface area contributed by atoms with E-state index in [9.17, 15) is 0 Å². The molecule has 92 valence electrons. The topological polar surface area (TPSA) is 278 Å². The molecule has 0 atom stereocenters. The first-order chi connectivity index (χ1) is 1.73. The quantitative estimate of drug-likeness (QED) is 0.320. The molecule has 0 aliphatic rings. The first-order valence-electron chi connectivity index (χ1n) is 0.532. The van der Waals surface area contributed by atoms with Crippen LogP contribution >= 0.6 is 0 Å². The molecule has 0 spiro atoms. The zero-order valence-electron chi connectivity index (χ0n) is 5.53. The molecule has 0 aliphatic carbocycles. The largest absolute Gasteiger partial charge is 0.412 e. The predicted molar refractivity (Wildman–Crippen MR) is 38.7 cm³/mol. The Bertz CT molecular complexity index is 32.8. The van der Waals surface area contributed by atoms with E-state index in [4.69, 9.17) is 13.3 Å². The second kappa shape index (κ2) is 111. The van der Waals surface area contributed by atoms with Gasteiger partial charge in [-0.1, -0.05) is 0 Å². The van der Waals surface area contributed by atoms with Gasteiger partial charge in [-0.15, -0.1) is 0 Å². The molecule has 10 nitrogen and oxygen atoms in total. The van der Waals surface area contributed by atoms with Crippen molar-refractivity contribution in [2.24, 2.45) is 0 Å². The number of rotatable bonds is 0. The van der Waals surface area contributed by atoms with Crippen molar-refractivity contribution < 1.29 is 68.1 Å². The molecule has 0 saturated carbocycles. The van der Waals surface area contributed by atoms with Gasteiger partial charge in [-0.3, -0.25) is 9.11 Å². The predicted octanol–water partition coefficient (Wildman–Crippen LogP) is -6.09. The van der Waals surface area contributed by atoms with Crippen LogP contribution in [0.3, 0.4) is 0 Å². The van der Waals surface area contributed by atoms with E-state index in [1.54, 1.807) is 0 Å². The molecule has 0 saturated heterocycles. The van der Waals surface area contributed by atoms with Crippen LogP contribution in [0, 0.1) is 0 Å². The zero-order chi connectivity index (χ0) is 3.58. The van der Waals surface area contributed by atoms with Gasteiger partial charge in [-0.25, -0.2) is 0 Å². The Balaban J connectivity index is -0.00000000161. The summed E-state index contributed by atoms with van der Waals surface area (Å²) >= 11 is -2.61. The monoisotopic (exact) mass is 266 g/mol. The van der Waals surface area contributed by atoms with Gasteiger partial charge in [0.05, 0.1) is 0 Å². The van der Waals surface area contributed by atoms with Gasteiger partial charge in [-0.2, -0.15) is 4.21 Å².